The van der Waals surface area contributed by atoms with Gasteiger partial charge in [0.2, 0.25) is 11.8 Å². The minimum atomic E-state index is 0.427. The lowest BCUT2D eigenvalue weighted by Gasteiger charge is -2.13. The number of hydrogen-bond donors (Lipinski definition) is 1. The van der Waals surface area contributed by atoms with Gasteiger partial charge in [0.15, 0.2) is 0 Å². The van der Waals surface area contributed by atoms with Crippen molar-refractivity contribution < 1.29 is 9.47 Å². The second-order valence-electron chi connectivity index (χ2n) is 5.20. The van der Waals surface area contributed by atoms with Crippen LogP contribution in [0.4, 0.5) is 5.69 Å². The fraction of sp³-hybridized carbons (Fsp3) is 0.353. The van der Waals surface area contributed by atoms with Gasteiger partial charge in [-0.15, -0.1) is 0 Å². The third-order valence-electron chi connectivity index (χ3n) is 3.29. The first-order valence-electron chi connectivity index (χ1n) is 7.16. The highest BCUT2D eigenvalue weighted by Gasteiger charge is 2.09. The van der Waals surface area contributed by atoms with Crippen LogP contribution in [0.2, 0.25) is 0 Å². The van der Waals surface area contributed by atoms with Gasteiger partial charge in [-0.25, -0.2) is 0 Å². The topological polar surface area (TPSA) is 57.4 Å². The fourth-order valence-electron chi connectivity index (χ4n) is 2.02. The number of benzene rings is 1. The summed E-state index contributed by atoms with van der Waals surface area (Å²) in [5.41, 5.74) is 9.84. The summed E-state index contributed by atoms with van der Waals surface area (Å²) in [5, 5.41) is 0. The number of aryl methyl sites for hydroxylation is 2. The summed E-state index contributed by atoms with van der Waals surface area (Å²) in [6, 6.07) is 7.65. The van der Waals surface area contributed by atoms with Crippen molar-refractivity contribution in [1.82, 2.24) is 4.98 Å². The molecule has 0 aliphatic heterocycles. The Morgan fingerprint density at radius 3 is 2.62 bits per heavy atom. The largest absolute Gasteiger partial charge is 0.476 e. The number of nitrogens with two attached hydrogens (primary N) is 1. The van der Waals surface area contributed by atoms with E-state index in [9.17, 15) is 0 Å². The van der Waals surface area contributed by atoms with Crippen molar-refractivity contribution >= 4 is 5.69 Å². The van der Waals surface area contributed by atoms with Crippen molar-refractivity contribution in [3.05, 3.63) is 41.0 Å². The van der Waals surface area contributed by atoms with Gasteiger partial charge in [-0.2, -0.15) is 4.98 Å². The standard InChI is InChI=1S/C17H22N2O2/c1-5-8-20-17-14(18)6-7-16(19-17)21-15-10-11(2)9-12(3)13(15)4/h6-7,9-10H,5,8,18H2,1-4H3. The molecule has 0 saturated carbocycles. The summed E-state index contributed by atoms with van der Waals surface area (Å²) in [6.07, 6.45) is 0.905. The molecular formula is C17H22N2O2. The number of ether oxygens (including phenoxy) is 2. The molecule has 1 heterocycles. The Labute approximate surface area is 125 Å². The summed E-state index contributed by atoms with van der Waals surface area (Å²) in [5.74, 6) is 1.73. The van der Waals surface area contributed by atoms with Gasteiger partial charge in [0.05, 0.1) is 12.3 Å². The van der Waals surface area contributed by atoms with E-state index in [0.717, 1.165) is 23.3 Å². The lowest BCUT2D eigenvalue weighted by atomic mass is 10.1. The maximum atomic E-state index is 5.90. The van der Waals surface area contributed by atoms with E-state index in [1.165, 1.54) is 5.56 Å². The van der Waals surface area contributed by atoms with E-state index in [0.29, 0.717) is 24.1 Å². The number of pyridine rings is 1. The second kappa shape index (κ2) is 6.48. The van der Waals surface area contributed by atoms with Crippen LogP contribution in [0, 0.1) is 20.8 Å². The quantitative estimate of drug-likeness (QED) is 0.896. The van der Waals surface area contributed by atoms with Crippen molar-refractivity contribution in [3.8, 4) is 17.5 Å². The monoisotopic (exact) mass is 286 g/mol. The second-order valence-corrected chi connectivity index (χ2v) is 5.20. The Bertz CT molecular complexity index is 639. The molecule has 1 aromatic carbocycles. The Balaban J connectivity index is 2.27. The summed E-state index contributed by atoms with van der Waals surface area (Å²) in [6.45, 7) is 8.78. The van der Waals surface area contributed by atoms with Crippen LogP contribution in [0.3, 0.4) is 0 Å². The van der Waals surface area contributed by atoms with E-state index in [2.05, 4.69) is 18.0 Å². The molecule has 4 heteroatoms. The molecule has 0 aliphatic carbocycles. The van der Waals surface area contributed by atoms with Gasteiger partial charge < -0.3 is 15.2 Å². The third-order valence-corrected chi connectivity index (χ3v) is 3.29. The van der Waals surface area contributed by atoms with Crippen molar-refractivity contribution in [3.63, 3.8) is 0 Å². The zero-order chi connectivity index (χ0) is 15.4. The lowest BCUT2D eigenvalue weighted by molar-refractivity contribution is 0.302. The smallest absolute Gasteiger partial charge is 0.240 e. The molecule has 2 aromatic rings. The molecule has 0 bridgehead atoms. The molecule has 2 rings (SSSR count). The summed E-state index contributed by atoms with van der Waals surface area (Å²) < 4.78 is 11.4. The zero-order valence-corrected chi connectivity index (χ0v) is 13.1. The number of aromatic nitrogens is 1. The van der Waals surface area contributed by atoms with Gasteiger partial charge in [-0.3, -0.25) is 0 Å². The summed E-state index contributed by atoms with van der Waals surface area (Å²) >= 11 is 0. The number of nitrogen functional groups attached to an aromatic ring is 1. The summed E-state index contributed by atoms with van der Waals surface area (Å²) in [4.78, 5) is 4.34. The van der Waals surface area contributed by atoms with Crippen LogP contribution in [0.5, 0.6) is 17.5 Å². The molecule has 0 saturated heterocycles. The first-order chi connectivity index (χ1) is 10.0. The Morgan fingerprint density at radius 1 is 1.14 bits per heavy atom. The predicted molar refractivity (Wildman–Crippen MR) is 85.2 cm³/mol. The fourth-order valence-corrected chi connectivity index (χ4v) is 2.02. The maximum Gasteiger partial charge on any atom is 0.240 e. The van der Waals surface area contributed by atoms with Gasteiger partial charge >= 0.3 is 0 Å². The van der Waals surface area contributed by atoms with E-state index in [-0.39, 0.29) is 0 Å². The molecular weight excluding hydrogens is 264 g/mol. The van der Waals surface area contributed by atoms with Gasteiger partial charge in [-0.1, -0.05) is 13.0 Å². The van der Waals surface area contributed by atoms with Crippen LogP contribution in [-0.4, -0.2) is 11.6 Å². The molecule has 0 fully saturated rings. The van der Waals surface area contributed by atoms with E-state index in [4.69, 9.17) is 15.2 Å². The molecule has 0 radical (unpaired) electrons. The van der Waals surface area contributed by atoms with Crippen LogP contribution in [-0.2, 0) is 0 Å². The normalized spacial score (nSPS) is 10.5. The average Bonchev–Trinajstić information content (AvgIpc) is 2.44. The maximum absolute atomic E-state index is 5.90. The molecule has 112 valence electrons. The van der Waals surface area contributed by atoms with E-state index in [1.807, 2.05) is 26.8 Å². The summed E-state index contributed by atoms with van der Waals surface area (Å²) in [7, 11) is 0. The zero-order valence-electron chi connectivity index (χ0n) is 13.1. The number of nitrogens with zero attached hydrogens (tertiary/aromatic N) is 1. The van der Waals surface area contributed by atoms with E-state index in [1.54, 1.807) is 12.1 Å². The molecule has 2 N–H and O–H groups in total. The Kier molecular flexibility index (Phi) is 4.68. The highest BCUT2D eigenvalue weighted by molar-refractivity contribution is 5.50. The molecule has 21 heavy (non-hydrogen) atoms. The highest BCUT2D eigenvalue weighted by atomic mass is 16.5. The molecule has 0 spiro atoms. The van der Waals surface area contributed by atoms with Crippen molar-refractivity contribution in [2.45, 2.75) is 34.1 Å². The molecule has 0 atom stereocenters. The third kappa shape index (κ3) is 3.66. The molecule has 1 aromatic heterocycles. The van der Waals surface area contributed by atoms with Gasteiger partial charge in [0, 0.05) is 6.07 Å². The van der Waals surface area contributed by atoms with Gasteiger partial charge in [0.1, 0.15) is 5.75 Å². The number of hydrogen-bond acceptors (Lipinski definition) is 4. The molecule has 0 amide bonds. The number of rotatable bonds is 5. The molecule has 0 unspecified atom stereocenters. The SMILES string of the molecule is CCCOc1nc(Oc2cc(C)cc(C)c2C)ccc1N. The number of anilines is 1. The van der Waals surface area contributed by atoms with Crippen molar-refractivity contribution in [1.29, 1.82) is 0 Å². The first-order valence-corrected chi connectivity index (χ1v) is 7.16. The Hall–Kier alpha value is -2.23. The molecule has 4 nitrogen and oxygen atoms in total. The minimum absolute atomic E-state index is 0.427. The van der Waals surface area contributed by atoms with E-state index >= 15 is 0 Å². The van der Waals surface area contributed by atoms with Gasteiger partial charge in [0.25, 0.3) is 0 Å². The Morgan fingerprint density at radius 2 is 1.90 bits per heavy atom. The van der Waals surface area contributed by atoms with Crippen LogP contribution < -0.4 is 15.2 Å². The van der Waals surface area contributed by atoms with Gasteiger partial charge in [-0.05, 0) is 56.0 Å². The average molecular weight is 286 g/mol. The van der Waals surface area contributed by atoms with Crippen LogP contribution in [0.15, 0.2) is 24.3 Å². The predicted octanol–water partition coefficient (Wildman–Crippen LogP) is 4.17. The van der Waals surface area contributed by atoms with Crippen molar-refractivity contribution in [2.24, 2.45) is 0 Å². The molecule has 0 aliphatic rings. The van der Waals surface area contributed by atoms with Crippen LogP contribution in [0.1, 0.15) is 30.0 Å². The van der Waals surface area contributed by atoms with Crippen LogP contribution >= 0.6 is 0 Å². The minimum Gasteiger partial charge on any atom is -0.476 e. The van der Waals surface area contributed by atoms with Crippen molar-refractivity contribution in [2.75, 3.05) is 12.3 Å². The first kappa shape index (κ1) is 15.2. The van der Waals surface area contributed by atoms with Crippen LogP contribution in [0.25, 0.3) is 0 Å². The lowest BCUT2D eigenvalue weighted by Crippen LogP contribution is -2.02. The van der Waals surface area contributed by atoms with E-state index < -0.39 is 0 Å². The highest BCUT2D eigenvalue weighted by Crippen LogP contribution is 2.30.